The SMILES string of the molecule is CC(C)CN(CCC(=O)O)C(=O)CNC(=O)NC1CCCCC1. The van der Waals surface area contributed by atoms with Crippen molar-refractivity contribution in [2.24, 2.45) is 5.92 Å². The number of rotatable bonds is 8. The Kier molecular flexibility index (Phi) is 8.43. The predicted octanol–water partition coefficient (Wildman–Crippen LogP) is 1.58. The molecule has 0 aromatic carbocycles. The number of aliphatic carboxylic acids is 1. The molecule has 23 heavy (non-hydrogen) atoms. The van der Waals surface area contributed by atoms with Crippen LogP contribution in [0.15, 0.2) is 0 Å². The van der Waals surface area contributed by atoms with Crippen LogP contribution in [0.25, 0.3) is 0 Å². The molecule has 1 fully saturated rings. The summed E-state index contributed by atoms with van der Waals surface area (Å²) in [5, 5.41) is 14.2. The van der Waals surface area contributed by atoms with Crippen LogP contribution < -0.4 is 10.6 Å². The van der Waals surface area contributed by atoms with Crippen LogP contribution in [0.3, 0.4) is 0 Å². The molecule has 0 bridgehead atoms. The van der Waals surface area contributed by atoms with Gasteiger partial charge in [0.05, 0.1) is 13.0 Å². The number of hydrogen-bond acceptors (Lipinski definition) is 3. The lowest BCUT2D eigenvalue weighted by molar-refractivity contribution is -0.138. The van der Waals surface area contributed by atoms with Crippen LogP contribution in [0.4, 0.5) is 4.79 Å². The highest BCUT2D eigenvalue weighted by molar-refractivity contribution is 5.84. The summed E-state index contributed by atoms with van der Waals surface area (Å²) in [6.45, 7) is 4.47. The molecule has 7 nitrogen and oxygen atoms in total. The maximum absolute atomic E-state index is 12.2. The van der Waals surface area contributed by atoms with Crippen molar-refractivity contribution < 1.29 is 19.5 Å². The second kappa shape index (κ2) is 10.1. The van der Waals surface area contributed by atoms with Crippen molar-refractivity contribution in [1.82, 2.24) is 15.5 Å². The fraction of sp³-hybridized carbons (Fsp3) is 0.812. The third-order valence-corrected chi connectivity index (χ3v) is 3.87. The summed E-state index contributed by atoms with van der Waals surface area (Å²) in [7, 11) is 0. The van der Waals surface area contributed by atoms with Crippen LogP contribution in [0.5, 0.6) is 0 Å². The quantitative estimate of drug-likeness (QED) is 0.630. The highest BCUT2D eigenvalue weighted by Crippen LogP contribution is 2.17. The summed E-state index contributed by atoms with van der Waals surface area (Å²) in [6.07, 6.45) is 5.35. The average Bonchev–Trinajstić information content (AvgIpc) is 2.49. The number of urea groups is 1. The lowest BCUT2D eigenvalue weighted by atomic mass is 9.96. The number of nitrogens with one attached hydrogen (secondary N) is 2. The molecule has 0 atom stereocenters. The third-order valence-electron chi connectivity index (χ3n) is 3.87. The summed E-state index contributed by atoms with van der Waals surface area (Å²) in [5.41, 5.74) is 0. The van der Waals surface area contributed by atoms with Gasteiger partial charge in [-0.25, -0.2) is 4.79 Å². The standard InChI is InChI=1S/C16H29N3O4/c1-12(2)11-19(9-8-15(21)22)14(20)10-17-16(23)18-13-6-4-3-5-7-13/h12-13H,3-11H2,1-2H3,(H,21,22)(H2,17,18,23). The lowest BCUT2D eigenvalue weighted by Crippen LogP contribution is -2.47. The molecule has 3 N–H and O–H groups in total. The van der Waals surface area contributed by atoms with Crippen molar-refractivity contribution in [2.75, 3.05) is 19.6 Å². The van der Waals surface area contributed by atoms with Gasteiger partial charge in [-0.15, -0.1) is 0 Å². The summed E-state index contributed by atoms with van der Waals surface area (Å²) >= 11 is 0. The summed E-state index contributed by atoms with van der Waals surface area (Å²) in [5.74, 6) is -0.947. The Morgan fingerprint density at radius 1 is 1.17 bits per heavy atom. The van der Waals surface area contributed by atoms with E-state index < -0.39 is 5.97 Å². The largest absolute Gasteiger partial charge is 0.481 e. The molecule has 0 heterocycles. The average molecular weight is 327 g/mol. The molecule has 0 aromatic heterocycles. The van der Waals surface area contributed by atoms with Gasteiger partial charge in [0.2, 0.25) is 5.91 Å². The molecular formula is C16H29N3O4. The zero-order valence-electron chi connectivity index (χ0n) is 14.1. The first-order chi connectivity index (χ1) is 10.9. The molecule has 1 saturated carbocycles. The van der Waals surface area contributed by atoms with Crippen molar-refractivity contribution in [3.8, 4) is 0 Å². The normalized spacial score (nSPS) is 15.3. The van der Waals surface area contributed by atoms with Crippen molar-refractivity contribution >= 4 is 17.9 Å². The van der Waals surface area contributed by atoms with Gasteiger partial charge in [-0.05, 0) is 18.8 Å². The Hall–Kier alpha value is -1.79. The topological polar surface area (TPSA) is 98.7 Å². The molecule has 3 amide bonds. The number of amides is 3. The van der Waals surface area contributed by atoms with Crippen LogP contribution in [0.1, 0.15) is 52.4 Å². The zero-order chi connectivity index (χ0) is 17.2. The van der Waals surface area contributed by atoms with Gasteiger partial charge in [-0.1, -0.05) is 33.1 Å². The Labute approximate surface area is 137 Å². The van der Waals surface area contributed by atoms with Gasteiger partial charge in [-0.3, -0.25) is 9.59 Å². The summed E-state index contributed by atoms with van der Waals surface area (Å²) < 4.78 is 0. The molecular weight excluding hydrogens is 298 g/mol. The van der Waals surface area contributed by atoms with Crippen LogP contribution in [0.2, 0.25) is 0 Å². The van der Waals surface area contributed by atoms with E-state index in [1.54, 1.807) is 0 Å². The van der Waals surface area contributed by atoms with E-state index in [0.717, 1.165) is 25.7 Å². The second-order valence-electron chi connectivity index (χ2n) is 6.54. The maximum Gasteiger partial charge on any atom is 0.315 e. The molecule has 0 spiro atoms. The first-order valence-corrected chi connectivity index (χ1v) is 8.42. The van der Waals surface area contributed by atoms with Gasteiger partial charge >= 0.3 is 12.0 Å². The Morgan fingerprint density at radius 3 is 2.39 bits per heavy atom. The monoisotopic (exact) mass is 327 g/mol. The smallest absolute Gasteiger partial charge is 0.315 e. The van der Waals surface area contributed by atoms with Gasteiger partial charge in [0.25, 0.3) is 0 Å². The van der Waals surface area contributed by atoms with E-state index >= 15 is 0 Å². The highest BCUT2D eigenvalue weighted by atomic mass is 16.4. The zero-order valence-corrected chi connectivity index (χ0v) is 14.1. The fourth-order valence-electron chi connectivity index (χ4n) is 2.74. The van der Waals surface area contributed by atoms with Crippen LogP contribution in [-0.4, -0.2) is 53.6 Å². The van der Waals surface area contributed by atoms with E-state index in [1.165, 1.54) is 11.3 Å². The van der Waals surface area contributed by atoms with Crippen molar-refractivity contribution in [2.45, 2.75) is 58.4 Å². The molecule has 7 heteroatoms. The van der Waals surface area contributed by atoms with E-state index in [9.17, 15) is 14.4 Å². The van der Waals surface area contributed by atoms with E-state index in [0.29, 0.717) is 6.54 Å². The van der Waals surface area contributed by atoms with Crippen LogP contribution >= 0.6 is 0 Å². The van der Waals surface area contributed by atoms with Crippen LogP contribution in [-0.2, 0) is 9.59 Å². The van der Waals surface area contributed by atoms with E-state index in [2.05, 4.69) is 10.6 Å². The number of carboxylic acids is 1. The van der Waals surface area contributed by atoms with Gasteiger partial charge < -0.3 is 20.6 Å². The minimum Gasteiger partial charge on any atom is -0.481 e. The van der Waals surface area contributed by atoms with Gasteiger partial charge in [0.1, 0.15) is 0 Å². The van der Waals surface area contributed by atoms with Gasteiger partial charge in [0, 0.05) is 19.1 Å². The molecule has 1 aliphatic rings. The summed E-state index contributed by atoms with van der Waals surface area (Å²) in [4.78, 5) is 36.2. The first kappa shape index (κ1) is 19.3. The number of hydrogen-bond donors (Lipinski definition) is 3. The van der Waals surface area contributed by atoms with Crippen molar-refractivity contribution in [3.05, 3.63) is 0 Å². The van der Waals surface area contributed by atoms with Gasteiger partial charge in [-0.2, -0.15) is 0 Å². The molecule has 1 rings (SSSR count). The number of carbonyl (C=O) groups excluding carboxylic acids is 2. The number of carboxylic acid groups (broad SMARTS) is 1. The minimum absolute atomic E-state index is 0.0905. The molecule has 0 radical (unpaired) electrons. The van der Waals surface area contributed by atoms with E-state index in [1.807, 2.05) is 13.8 Å². The molecule has 0 unspecified atom stereocenters. The van der Waals surface area contributed by atoms with E-state index in [-0.39, 0.29) is 43.4 Å². The van der Waals surface area contributed by atoms with E-state index in [4.69, 9.17) is 5.11 Å². The van der Waals surface area contributed by atoms with Crippen LogP contribution in [0, 0.1) is 5.92 Å². The number of carbonyl (C=O) groups is 3. The van der Waals surface area contributed by atoms with Gasteiger partial charge in [0.15, 0.2) is 0 Å². The second-order valence-corrected chi connectivity index (χ2v) is 6.54. The Bertz CT molecular complexity index is 406. The predicted molar refractivity (Wildman–Crippen MR) is 87.1 cm³/mol. The lowest BCUT2D eigenvalue weighted by Gasteiger charge is -2.25. The number of nitrogens with zero attached hydrogens (tertiary/aromatic N) is 1. The minimum atomic E-state index is -0.936. The Morgan fingerprint density at radius 2 is 1.83 bits per heavy atom. The molecule has 0 aromatic rings. The highest BCUT2D eigenvalue weighted by Gasteiger charge is 2.19. The third kappa shape index (κ3) is 8.42. The molecule has 0 aliphatic heterocycles. The molecule has 0 saturated heterocycles. The molecule has 1 aliphatic carbocycles. The first-order valence-electron chi connectivity index (χ1n) is 8.42. The maximum atomic E-state index is 12.2. The Balaban J connectivity index is 2.37. The fourth-order valence-corrected chi connectivity index (χ4v) is 2.74. The van der Waals surface area contributed by atoms with Crippen molar-refractivity contribution in [1.29, 1.82) is 0 Å². The molecule has 132 valence electrons. The van der Waals surface area contributed by atoms with Crippen molar-refractivity contribution in [3.63, 3.8) is 0 Å². The summed E-state index contributed by atoms with van der Waals surface area (Å²) in [6, 6.07) is -0.134.